The van der Waals surface area contributed by atoms with Crippen LogP contribution < -0.4 is 10.3 Å². The quantitative estimate of drug-likeness (QED) is 0.607. The summed E-state index contributed by atoms with van der Waals surface area (Å²) < 4.78 is 32.8. The summed E-state index contributed by atoms with van der Waals surface area (Å²) in [6.07, 6.45) is 0.361. The maximum atomic E-state index is 14.0. The molecule has 3 rings (SSSR count). The molecule has 5 nitrogen and oxygen atoms in total. The number of aryl methyl sites for hydroxylation is 1. The van der Waals surface area contributed by atoms with E-state index in [9.17, 15) is 18.4 Å². The van der Waals surface area contributed by atoms with Crippen molar-refractivity contribution in [3.8, 4) is 5.75 Å². The van der Waals surface area contributed by atoms with Gasteiger partial charge in [-0.15, -0.1) is 0 Å². The molecule has 0 bridgehead atoms. The van der Waals surface area contributed by atoms with Gasteiger partial charge in [0.2, 0.25) is 0 Å². The second-order valence-corrected chi connectivity index (χ2v) is 7.68. The standard InChI is InChI=1S/C23H21ClF2N2O3/c1-13-18(10-14-4-6-15(7-5-14)23(30)28(2)3)21(20(24)22(29)27-13)31-12-16-8-9-17(25)11-19(16)26/h4-9,11H,10,12H2,1-3H3,(H,27,29). The van der Waals surface area contributed by atoms with E-state index in [1.54, 1.807) is 45.3 Å². The fourth-order valence-electron chi connectivity index (χ4n) is 3.09. The first kappa shape index (κ1) is 22.5. The van der Waals surface area contributed by atoms with Gasteiger partial charge in [0.1, 0.15) is 29.0 Å². The van der Waals surface area contributed by atoms with Crippen molar-refractivity contribution in [2.75, 3.05) is 14.1 Å². The normalized spacial score (nSPS) is 10.8. The van der Waals surface area contributed by atoms with Gasteiger partial charge in [0.25, 0.3) is 11.5 Å². The molecule has 0 aliphatic carbocycles. The average molecular weight is 447 g/mol. The fourth-order valence-corrected chi connectivity index (χ4v) is 3.30. The monoisotopic (exact) mass is 446 g/mol. The Balaban J connectivity index is 1.90. The molecular weight excluding hydrogens is 426 g/mol. The molecule has 0 spiro atoms. The molecule has 0 radical (unpaired) electrons. The number of rotatable bonds is 6. The number of aromatic amines is 1. The number of amides is 1. The Morgan fingerprint density at radius 1 is 1.13 bits per heavy atom. The zero-order valence-electron chi connectivity index (χ0n) is 17.3. The van der Waals surface area contributed by atoms with Gasteiger partial charge in [0, 0.05) is 49.0 Å². The van der Waals surface area contributed by atoms with Gasteiger partial charge in [0.15, 0.2) is 0 Å². The molecule has 0 atom stereocenters. The van der Waals surface area contributed by atoms with Crippen LogP contribution in [0.25, 0.3) is 0 Å². The van der Waals surface area contributed by atoms with Crippen molar-refractivity contribution in [3.05, 3.63) is 97.4 Å². The van der Waals surface area contributed by atoms with Gasteiger partial charge in [0.05, 0.1) is 0 Å². The first-order valence-corrected chi connectivity index (χ1v) is 9.83. The zero-order chi connectivity index (χ0) is 22.7. The van der Waals surface area contributed by atoms with Crippen LogP contribution in [-0.4, -0.2) is 29.9 Å². The predicted molar refractivity (Wildman–Crippen MR) is 115 cm³/mol. The first-order chi connectivity index (χ1) is 14.7. The highest BCUT2D eigenvalue weighted by molar-refractivity contribution is 6.32. The van der Waals surface area contributed by atoms with E-state index < -0.39 is 17.2 Å². The number of aromatic nitrogens is 1. The minimum absolute atomic E-state index is 0.111. The van der Waals surface area contributed by atoms with E-state index in [1.807, 2.05) is 0 Å². The highest BCUT2D eigenvalue weighted by atomic mass is 35.5. The minimum Gasteiger partial charge on any atom is -0.487 e. The molecule has 1 aromatic heterocycles. The molecule has 2 aromatic carbocycles. The average Bonchev–Trinajstić information content (AvgIpc) is 2.72. The Morgan fingerprint density at radius 2 is 1.81 bits per heavy atom. The number of hydrogen-bond acceptors (Lipinski definition) is 3. The van der Waals surface area contributed by atoms with Gasteiger partial charge < -0.3 is 14.6 Å². The van der Waals surface area contributed by atoms with Crippen molar-refractivity contribution in [3.63, 3.8) is 0 Å². The van der Waals surface area contributed by atoms with E-state index in [4.69, 9.17) is 16.3 Å². The van der Waals surface area contributed by atoms with Gasteiger partial charge in [-0.3, -0.25) is 9.59 Å². The van der Waals surface area contributed by atoms with Gasteiger partial charge >= 0.3 is 0 Å². The molecule has 0 aliphatic rings. The lowest BCUT2D eigenvalue weighted by Crippen LogP contribution is -2.21. The van der Waals surface area contributed by atoms with Crippen molar-refractivity contribution < 1.29 is 18.3 Å². The molecule has 1 heterocycles. The summed E-state index contributed by atoms with van der Waals surface area (Å²) in [5.74, 6) is -1.41. The van der Waals surface area contributed by atoms with Crippen molar-refractivity contribution in [2.45, 2.75) is 20.0 Å². The van der Waals surface area contributed by atoms with Crippen LogP contribution in [0.5, 0.6) is 5.75 Å². The van der Waals surface area contributed by atoms with Crippen molar-refractivity contribution in [1.82, 2.24) is 9.88 Å². The van der Waals surface area contributed by atoms with Crippen LogP contribution in [0.15, 0.2) is 47.3 Å². The van der Waals surface area contributed by atoms with E-state index in [1.165, 1.54) is 11.0 Å². The van der Waals surface area contributed by atoms with E-state index in [0.717, 1.165) is 17.7 Å². The number of hydrogen-bond donors (Lipinski definition) is 1. The third-order valence-electron chi connectivity index (χ3n) is 4.80. The topological polar surface area (TPSA) is 62.4 Å². The summed E-state index contributed by atoms with van der Waals surface area (Å²) in [4.78, 5) is 28.4. The summed E-state index contributed by atoms with van der Waals surface area (Å²) >= 11 is 6.20. The Hall–Kier alpha value is -3.19. The molecule has 1 N–H and O–H groups in total. The molecule has 162 valence electrons. The summed E-state index contributed by atoms with van der Waals surface area (Å²) in [5, 5.41) is -0.150. The second-order valence-electron chi connectivity index (χ2n) is 7.30. The lowest BCUT2D eigenvalue weighted by Gasteiger charge is -2.16. The number of benzene rings is 2. The largest absolute Gasteiger partial charge is 0.487 e. The SMILES string of the molecule is Cc1[nH]c(=O)c(Cl)c(OCc2ccc(F)cc2F)c1Cc1ccc(C(=O)N(C)C)cc1. The second kappa shape index (κ2) is 9.31. The molecule has 0 fully saturated rings. The molecule has 31 heavy (non-hydrogen) atoms. The molecule has 0 saturated heterocycles. The van der Waals surface area contributed by atoms with Gasteiger partial charge in [-0.25, -0.2) is 8.78 Å². The number of carbonyl (C=O) groups excluding carboxylic acids is 1. The van der Waals surface area contributed by atoms with Gasteiger partial charge in [-0.2, -0.15) is 0 Å². The molecule has 0 aliphatic heterocycles. The maximum absolute atomic E-state index is 14.0. The number of nitrogens with one attached hydrogen (secondary N) is 1. The highest BCUT2D eigenvalue weighted by Gasteiger charge is 2.18. The Labute approximate surface area is 183 Å². The minimum atomic E-state index is -0.750. The lowest BCUT2D eigenvalue weighted by atomic mass is 10.0. The Morgan fingerprint density at radius 3 is 2.42 bits per heavy atom. The Bertz CT molecular complexity index is 1170. The van der Waals surface area contributed by atoms with E-state index in [2.05, 4.69) is 4.98 Å². The van der Waals surface area contributed by atoms with Crippen LogP contribution in [-0.2, 0) is 13.0 Å². The molecule has 0 unspecified atom stereocenters. The summed E-state index contributed by atoms with van der Waals surface area (Å²) in [6.45, 7) is 1.49. The van der Waals surface area contributed by atoms with Crippen LogP contribution in [0.3, 0.4) is 0 Å². The fraction of sp³-hybridized carbons (Fsp3) is 0.217. The van der Waals surface area contributed by atoms with Crippen LogP contribution in [0.4, 0.5) is 8.78 Å². The highest BCUT2D eigenvalue weighted by Crippen LogP contribution is 2.30. The van der Waals surface area contributed by atoms with Crippen molar-refractivity contribution in [1.29, 1.82) is 0 Å². The number of nitrogens with zero attached hydrogens (tertiary/aromatic N) is 1. The number of carbonyl (C=O) groups is 1. The lowest BCUT2D eigenvalue weighted by molar-refractivity contribution is 0.0827. The van der Waals surface area contributed by atoms with E-state index in [0.29, 0.717) is 23.2 Å². The van der Waals surface area contributed by atoms with Crippen LogP contribution >= 0.6 is 11.6 Å². The summed E-state index contributed by atoms with van der Waals surface area (Å²) in [5.41, 5.74) is 2.20. The number of pyridine rings is 1. The van der Waals surface area contributed by atoms with Crippen LogP contribution in [0.2, 0.25) is 5.02 Å². The molecule has 8 heteroatoms. The first-order valence-electron chi connectivity index (χ1n) is 9.46. The van der Waals surface area contributed by atoms with E-state index >= 15 is 0 Å². The van der Waals surface area contributed by atoms with Gasteiger partial charge in [-0.1, -0.05) is 23.7 Å². The maximum Gasteiger partial charge on any atom is 0.270 e. The smallest absolute Gasteiger partial charge is 0.270 e. The number of ether oxygens (including phenoxy) is 1. The van der Waals surface area contributed by atoms with Crippen LogP contribution in [0, 0.1) is 18.6 Å². The number of halogens is 3. The zero-order valence-corrected chi connectivity index (χ0v) is 18.0. The van der Waals surface area contributed by atoms with E-state index in [-0.39, 0.29) is 28.8 Å². The van der Waals surface area contributed by atoms with Gasteiger partial charge in [-0.05, 0) is 36.8 Å². The predicted octanol–water partition coefficient (Wildman–Crippen LogP) is 4.49. The third kappa shape index (κ3) is 5.11. The number of H-pyrrole nitrogens is 1. The van der Waals surface area contributed by atoms with Crippen LogP contribution in [0.1, 0.15) is 32.7 Å². The molecule has 1 amide bonds. The summed E-state index contributed by atoms with van der Waals surface area (Å²) in [7, 11) is 3.35. The Kier molecular flexibility index (Phi) is 6.75. The molecular formula is C23H21ClF2N2O3. The van der Waals surface area contributed by atoms with Crippen molar-refractivity contribution in [2.24, 2.45) is 0 Å². The summed E-state index contributed by atoms with van der Waals surface area (Å²) in [6, 6.07) is 10.2. The van der Waals surface area contributed by atoms with Crippen molar-refractivity contribution >= 4 is 17.5 Å². The third-order valence-corrected chi connectivity index (χ3v) is 5.14. The molecule has 3 aromatic rings. The molecule has 0 saturated carbocycles.